The zero-order valence-electron chi connectivity index (χ0n) is 34.5. The highest BCUT2D eigenvalue weighted by Gasteiger charge is 2.68. The molecule has 3 saturated heterocycles. The van der Waals surface area contributed by atoms with Gasteiger partial charge in [-0.3, -0.25) is 0 Å². The number of methoxy groups -OCH3 is 1. The molecular formula is C42H66O17. The summed E-state index contributed by atoms with van der Waals surface area (Å²) < 4.78 is 47.2. The van der Waals surface area contributed by atoms with Crippen molar-refractivity contribution in [3.05, 3.63) is 11.6 Å². The van der Waals surface area contributed by atoms with Crippen LogP contribution >= 0.6 is 0 Å². The molecule has 4 heterocycles. The minimum atomic E-state index is -1.70. The second-order valence-corrected chi connectivity index (χ2v) is 19.3. The van der Waals surface area contributed by atoms with Crippen molar-refractivity contribution in [2.24, 2.45) is 34.5 Å². The smallest absolute Gasteiger partial charge is 0.331 e. The quantitative estimate of drug-likeness (QED) is 0.105. The molecule has 8 N–H and O–H groups in total. The number of ether oxygens (including phenoxy) is 8. The molecule has 0 amide bonds. The average molecular weight is 843 g/mol. The lowest BCUT2D eigenvalue weighted by molar-refractivity contribution is -0.355. The van der Waals surface area contributed by atoms with Gasteiger partial charge in [-0.05, 0) is 99.4 Å². The Morgan fingerprint density at radius 2 is 1.49 bits per heavy atom. The van der Waals surface area contributed by atoms with Gasteiger partial charge in [0.05, 0.1) is 37.1 Å². The number of cyclic esters (lactones) is 1. The number of hydrogen-bond donors (Lipinski definition) is 8. The van der Waals surface area contributed by atoms with E-state index < -0.39 is 105 Å². The van der Waals surface area contributed by atoms with Gasteiger partial charge in [0.2, 0.25) is 0 Å². The Bertz CT molecular complexity index is 1530. The van der Waals surface area contributed by atoms with Gasteiger partial charge in [-0.15, -0.1) is 0 Å². The van der Waals surface area contributed by atoms with Crippen LogP contribution in [0.2, 0.25) is 0 Å². The summed E-state index contributed by atoms with van der Waals surface area (Å²) in [6, 6.07) is 0. The van der Waals surface area contributed by atoms with Crippen molar-refractivity contribution in [1.29, 1.82) is 0 Å². The van der Waals surface area contributed by atoms with Crippen molar-refractivity contribution in [3.8, 4) is 0 Å². The van der Waals surface area contributed by atoms with Crippen LogP contribution in [0.1, 0.15) is 85.0 Å². The van der Waals surface area contributed by atoms with E-state index in [1.54, 1.807) is 20.1 Å². The minimum absolute atomic E-state index is 0.0268. The Kier molecular flexibility index (Phi) is 12.7. The summed E-state index contributed by atoms with van der Waals surface area (Å²) in [7, 11) is 1.54. The predicted molar refractivity (Wildman–Crippen MR) is 202 cm³/mol. The third kappa shape index (κ3) is 7.64. The van der Waals surface area contributed by atoms with Crippen molar-refractivity contribution in [2.45, 2.75) is 183 Å². The van der Waals surface area contributed by atoms with E-state index in [1.165, 1.54) is 0 Å². The first-order valence-corrected chi connectivity index (χ1v) is 21.7. The molecule has 22 atom stereocenters. The fourth-order valence-electron chi connectivity index (χ4n) is 12.9. The fraction of sp³-hybridized carbons (Fsp3) is 0.929. The molecule has 0 bridgehead atoms. The minimum Gasteiger partial charge on any atom is -0.458 e. The molecular weight excluding hydrogens is 776 g/mol. The molecule has 0 aromatic heterocycles. The molecule has 7 fully saturated rings. The number of carbonyl (C=O) groups is 1. The maximum Gasteiger partial charge on any atom is 0.331 e. The Labute approximate surface area is 344 Å². The molecule has 17 heteroatoms. The number of rotatable bonds is 10. The highest BCUT2D eigenvalue weighted by atomic mass is 16.8. The second-order valence-electron chi connectivity index (χ2n) is 19.3. The molecule has 0 aromatic rings. The molecule has 8 aliphatic rings. The van der Waals surface area contributed by atoms with E-state index >= 15 is 0 Å². The molecule has 8 rings (SSSR count). The van der Waals surface area contributed by atoms with Crippen LogP contribution in [0.4, 0.5) is 0 Å². The molecule has 17 nitrogen and oxygen atoms in total. The van der Waals surface area contributed by atoms with Crippen molar-refractivity contribution >= 4 is 5.97 Å². The molecule has 0 spiro atoms. The van der Waals surface area contributed by atoms with E-state index in [0.29, 0.717) is 24.9 Å². The highest BCUT2D eigenvalue weighted by Crippen LogP contribution is 2.70. The first-order valence-electron chi connectivity index (χ1n) is 21.7. The van der Waals surface area contributed by atoms with E-state index in [4.69, 9.17) is 37.9 Å². The van der Waals surface area contributed by atoms with E-state index in [2.05, 4.69) is 13.8 Å². The van der Waals surface area contributed by atoms with Gasteiger partial charge >= 0.3 is 5.97 Å². The van der Waals surface area contributed by atoms with Crippen LogP contribution in [0.5, 0.6) is 0 Å². The van der Waals surface area contributed by atoms with Gasteiger partial charge < -0.3 is 78.7 Å². The molecule has 4 aliphatic heterocycles. The number of aliphatic hydroxyl groups excluding tert-OH is 7. The van der Waals surface area contributed by atoms with Gasteiger partial charge in [0, 0.05) is 25.0 Å². The lowest BCUT2D eigenvalue weighted by Gasteiger charge is -2.64. The van der Waals surface area contributed by atoms with Crippen LogP contribution in [0, 0.1) is 34.5 Å². The molecule has 8 unspecified atom stereocenters. The van der Waals surface area contributed by atoms with E-state index in [1.807, 2.05) is 0 Å². The summed E-state index contributed by atoms with van der Waals surface area (Å²) in [4.78, 5) is 12.0. The first kappa shape index (κ1) is 44.2. The summed E-state index contributed by atoms with van der Waals surface area (Å²) in [6.45, 7) is 5.69. The van der Waals surface area contributed by atoms with E-state index in [0.717, 1.165) is 63.4 Å². The SMILES string of the molecule is CO[C@@H]1C[C@H](OC2CCC3(C)C(CCC4C3CCC3(C)C(C5=CC(=O)OC5)CCC43O)C2)O[C@H](C)[C@@H]1O[C@@H]1O[C@H](CO[C@@H]2O[C@H](CO)[C@@H](O)[C@H](O)[C@H]2O)[C@@H](O)[C@H](O)[C@H]1O. The third-order valence-corrected chi connectivity index (χ3v) is 16.4. The fourth-order valence-corrected chi connectivity index (χ4v) is 12.9. The number of esters is 1. The molecule has 4 saturated carbocycles. The molecule has 0 aromatic carbocycles. The van der Waals surface area contributed by atoms with Gasteiger partial charge in [-0.25, -0.2) is 4.79 Å². The largest absolute Gasteiger partial charge is 0.458 e. The summed E-state index contributed by atoms with van der Waals surface area (Å²) >= 11 is 0. The van der Waals surface area contributed by atoms with Gasteiger partial charge in [-0.2, -0.15) is 0 Å². The average Bonchev–Trinajstić information content (AvgIpc) is 3.77. The Morgan fingerprint density at radius 1 is 0.780 bits per heavy atom. The molecule has 336 valence electrons. The first-order chi connectivity index (χ1) is 28.0. The van der Waals surface area contributed by atoms with Crippen LogP contribution in [0.25, 0.3) is 0 Å². The molecule has 4 aliphatic carbocycles. The van der Waals surface area contributed by atoms with Gasteiger partial charge in [0.25, 0.3) is 0 Å². The maximum absolute atomic E-state index is 12.6. The van der Waals surface area contributed by atoms with Gasteiger partial charge in [0.15, 0.2) is 18.9 Å². The monoisotopic (exact) mass is 842 g/mol. The zero-order chi connectivity index (χ0) is 42.2. The Hall–Kier alpha value is -1.39. The second kappa shape index (κ2) is 17.0. The summed E-state index contributed by atoms with van der Waals surface area (Å²) in [5.74, 6) is 0.957. The normalized spacial score (nSPS) is 53.9. The zero-order valence-corrected chi connectivity index (χ0v) is 34.5. The number of aliphatic hydroxyl groups is 8. The van der Waals surface area contributed by atoms with Gasteiger partial charge in [0.1, 0.15) is 61.5 Å². The number of hydrogen-bond acceptors (Lipinski definition) is 17. The van der Waals surface area contributed by atoms with Crippen molar-refractivity contribution in [2.75, 3.05) is 26.9 Å². The number of fused-ring (bicyclic) bond motifs is 5. The van der Waals surface area contributed by atoms with Crippen molar-refractivity contribution in [1.82, 2.24) is 0 Å². The Morgan fingerprint density at radius 3 is 2.19 bits per heavy atom. The van der Waals surface area contributed by atoms with Crippen molar-refractivity contribution in [3.63, 3.8) is 0 Å². The standard InChI is InChI=1S/C42H66O17/c1-19-37(59-39-36(50)34(48)32(46)28(58-39)18-54-38-35(49)33(47)31(45)27(16-43)57-38)26(52-4)15-30(55-19)56-22-7-10-40(2)21(14-22)5-6-25-24(40)8-11-41(3)23(9-12-42(25,41)51)20-13-29(44)53-17-20/h13,19,21-28,30-39,43,45-51H,5-12,14-18H2,1-4H3/t19-,21?,22?,23?,24?,25?,26-,27-,28-,30+,31-,32-,33+,34+,35-,36-,37+,38-,39+,40?,41?,42?/m1/s1. The van der Waals surface area contributed by atoms with Crippen LogP contribution in [0.15, 0.2) is 11.6 Å². The van der Waals surface area contributed by atoms with Crippen LogP contribution in [-0.4, -0.2) is 171 Å². The van der Waals surface area contributed by atoms with Gasteiger partial charge in [-0.1, -0.05) is 13.8 Å². The summed E-state index contributed by atoms with van der Waals surface area (Å²) in [5, 5.41) is 85.0. The van der Waals surface area contributed by atoms with Crippen LogP contribution in [0.3, 0.4) is 0 Å². The lowest BCUT2D eigenvalue weighted by atomic mass is 9.43. The summed E-state index contributed by atoms with van der Waals surface area (Å²) in [6.07, 6.45) is -7.54. The van der Waals surface area contributed by atoms with E-state index in [-0.39, 0.29) is 34.7 Å². The molecule has 0 radical (unpaired) electrons. The maximum atomic E-state index is 12.6. The highest BCUT2D eigenvalue weighted by molar-refractivity contribution is 5.85. The topological polar surface area (TPSA) is 253 Å². The molecule has 59 heavy (non-hydrogen) atoms. The number of carbonyl (C=O) groups excluding carboxylic acids is 1. The predicted octanol–water partition coefficient (Wildman–Crippen LogP) is -0.212. The van der Waals surface area contributed by atoms with E-state index in [9.17, 15) is 45.6 Å². The summed E-state index contributed by atoms with van der Waals surface area (Å²) in [5.41, 5.74) is 0.0761. The van der Waals surface area contributed by atoms with Crippen molar-refractivity contribution < 1.29 is 83.5 Å². The van der Waals surface area contributed by atoms with Crippen LogP contribution in [-0.2, 0) is 42.7 Å². The lowest BCUT2D eigenvalue weighted by Crippen LogP contribution is -2.63. The third-order valence-electron chi connectivity index (χ3n) is 16.4. The van der Waals surface area contributed by atoms with Crippen LogP contribution < -0.4 is 0 Å². The Balaban J connectivity index is 0.857.